The van der Waals surface area contributed by atoms with E-state index in [0.29, 0.717) is 29.3 Å². The lowest BCUT2D eigenvalue weighted by Gasteiger charge is -2.03. The summed E-state index contributed by atoms with van der Waals surface area (Å²) >= 11 is 0. The summed E-state index contributed by atoms with van der Waals surface area (Å²) in [6, 6.07) is 11.1. The molecule has 0 saturated carbocycles. The molecule has 0 atom stereocenters. The van der Waals surface area contributed by atoms with Gasteiger partial charge in [0.2, 0.25) is 5.91 Å². The van der Waals surface area contributed by atoms with Crippen LogP contribution in [0.5, 0.6) is 0 Å². The molecule has 0 aliphatic carbocycles. The molecule has 1 N–H and O–H groups in total. The number of rotatable bonds is 7. The van der Waals surface area contributed by atoms with Gasteiger partial charge in [0.1, 0.15) is 23.9 Å². The van der Waals surface area contributed by atoms with Crippen LogP contribution in [0.25, 0.3) is 11.3 Å². The maximum absolute atomic E-state index is 12.9. The smallest absolute Gasteiger partial charge is 0.246 e. The lowest BCUT2D eigenvalue weighted by atomic mass is 10.1. The highest BCUT2D eigenvalue weighted by atomic mass is 19.1. The second-order valence-electron chi connectivity index (χ2n) is 5.04. The average Bonchev–Trinajstić information content (AvgIpc) is 3.25. The van der Waals surface area contributed by atoms with Crippen molar-refractivity contribution in [1.29, 1.82) is 0 Å². The zero-order chi connectivity index (χ0) is 16.8. The van der Waals surface area contributed by atoms with E-state index in [1.165, 1.54) is 12.1 Å². The fourth-order valence-electron chi connectivity index (χ4n) is 2.03. The second kappa shape index (κ2) is 7.56. The molecule has 7 heteroatoms. The molecule has 3 aromatic rings. The molecule has 2 aromatic heterocycles. The first kappa shape index (κ1) is 15.9. The van der Waals surface area contributed by atoms with E-state index >= 15 is 0 Å². The van der Waals surface area contributed by atoms with Gasteiger partial charge in [-0.15, -0.1) is 0 Å². The molecule has 24 heavy (non-hydrogen) atoms. The molecule has 0 bridgehead atoms. The molecule has 0 fully saturated rings. The molecule has 0 radical (unpaired) electrons. The highest BCUT2D eigenvalue weighted by Gasteiger charge is 2.08. The Kier molecular flexibility index (Phi) is 5.02. The van der Waals surface area contributed by atoms with Gasteiger partial charge in [-0.1, -0.05) is 5.16 Å². The van der Waals surface area contributed by atoms with Crippen LogP contribution in [0.2, 0.25) is 0 Å². The average molecular weight is 330 g/mol. The van der Waals surface area contributed by atoms with Crippen molar-refractivity contribution in [3.63, 3.8) is 0 Å². The number of halogens is 1. The molecule has 0 unspecified atom stereocenters. The molecule has 0 aliphatic rings. The van der Waals surface area contributed by atoms with Gasteiger partial charge in [-0.05, 0) is 36.4 Å². The van der Waals surface area contributed by atoms with Crippen molar-refractivity contribution in [2.24, 2.45) is 0 Å². The quantitative estimate of drug-likeness (QED) is 0.721. The van der Waals surface area contributed by atoms with Gasteiger partial charge < -0.3 is 19.0 Å². The Balaban J connectivity index is 1.43. The van der Waals surface area contributed by atoms with Crippen LogP contribution in [0.15, 0.2) is 57.7 Å². The van der Waals surface area contributed by atoms with Gasteiger partial charge in [-0.25, -0.2) is 4.39 Å². The van der Waals surface area contributed by atoms with E-state index in [4.69, 9.17) is 13.7 Å². The minimum Gasteiger partial charge on any atom is -0.467 e. The third-order valence-corrected chi connectivity index (χ3v) is 3.21. The highest BCUT2D eigenvalue weighted by Crippen LogP contribution is 2.20. The Morgan fingerprint density at radius 3 is 2.83 bits per heavy atom. The van der Waals surface area contributed by atoms with Crippen molar-refractivity contribution in [3.05, 3.63) is 66.0 Å². The molecule has 1 aromatic carbocycles. The molecular formula is C17H15FN2O4. The Bertz CT molecular complexity index is 781. The minimum absolute atomic E-state index is 0.0978. The largest absolute Gasteiger partial charge is 0.467 e. The molecule has 0 aliphatic heterocycles. The van der Waals surface area contributed by atoms with Crippen molar-refractivity contribution in [2.45, 2.75) is 13.2 Å². The molecule has 124 valence electrons. The lowest BCUT2D eigenvalue weighted by Crippen LogP contribution is -2.26. The fourth-order valence-corrected chi connectivity index (χ4v) is 2.03. The Hall–Kier alpha value is -2.93. The number of amides is 1. The summed E-state index contributed by atoms with van der Waals surface area (Å²) in [5, 5.41) is 6.53. The molecule has 0 saturated heterocycles. The third-order valence-electron chi connectivity index (χ3n) is 3.21. The van der Waals surface area contributed by atoms with Crippen molar-refractivity contribution in [3.8, 4) is 11.3 Å². The van der Waals surface area contributed by atoms with Crippen LogP contribution in [0.4, 0.5) is 4.39 Å². The standard InChI is InChI=1S/C17H15FN2O4/c18-13-5-3-12(4-6-13)16-8-14(20-24-16)10-22-11-17(21)19-9-15-2-1-7-23-15/h1-8H,9-11H2,(H,19,21). The molecule has 3 rings (SSSR count). The van der Waals surface area contributed by atoms with Crippen LogP contribution in [0, 0.1) is 5.82 Å². The first-order valence-corrected chi connectivity index (χ1v) is 7.29. The summed E-state index contributed by atoms with van der Waals surface area (Å²) in [5.41, 5.74) is 1.26. The number of hydrogen-bond donors (Lipinski definition) is 1. The normalized spacial score (nSPS) is 10.7. The molecular weight excluding hydrogens is 315 g/mol. The Morgan fingerprint density at radius 1 is 1.25 bits per heavy atom. The zero-order valence-corrected chi connectivity index (χ0v) is 12.7. The summed E-state index contributed by atoms with van der Waals surface area (Å²) in [5.74, 6) is 0.607. The summed E-state index contributed by atoms with van der Waals surface area (Å²) in [7, 11) is 0. The topological polar surface area (TPSA) is 77.5 Å². The Labute approximate surface area is 137 Å². The van der Waals surface area contributed by atoms with Crippen molar-refractivity contribution >= 4 is 5.91 Å². The summed E-state index contributed by atoms with van der Waals surface area (Å²) in [6.45, 7) is 0.353. The van der Waals surface area contributed by atoms with Gasteiger partial charge in [0, 0.05) is 11.6 Å². The third kappa shape index (κ3) is 4.30. The first-order chi connectivity index (χ1) is 11.7. The number of carbonyl (C=O) groups excluding carboxylic acids is 1. The van der Waals surface area contributed by atoms with Crippen molar-refractivity contribution in [1.82, 2.24) is 10.5 Å². The number of ether oxygens (including phenoxy) is 1. The van der Waals surface area contributed by atoms with Gasteiger partial charge in [0.05, 0.1) is 19.4 Å². The van der Waals surface area contributed by atoms with Crippen LogP contribution in [0.3, 0.4) is 0 Å². The molecule has 6 nitrogen and oxygen atoms in total. The van der Waals surface area contributed by atoms with Crippen LogP contribution < -0.4 is 5.32 Å². The number of benzene rings is 1. The number of nitrogens with one attached hydrogen (secondary N) is 1. The number of furan rings is 1. The second-order valence-corrected chi connectivity index (χ2v) is 5.04. The lowest BCUT2D eigenvalue weighted by molar-refractivity contribution is -0.126. The van der Waals surface area contributed by atoms with Gasteiger partial charge in [0.15, 0.2) is 5.76 Å². The van der Waals surface area contributed by atoms with E-state index in [-0.39, 0.29) is 24.9 Å². The van der Waals surface area contributed by atoms with Crippen molar-refractivity contribution in [2.75, 3.05) is 6.61 Å². The van der Waals surface area contributed by atoms with Crippen molar-refractivity contribution < 1.29 is 22.9 Å². The summed E-state index contributed by atoms with van der Waals surface area (Å²) in [4.78, 5) is 11.6. The highest BCUT2D eigenvalue weighted by molar-refractivity contribution is 5.77. The maximum atomic E-state index is 12.9. The molecule has 2 heterocycles. The van der Waals surface area contributed by atoms with Crippen LogP contribution in [-0.2, 0) is 22.7 Å². The Morgan fingerprint density at radius 2 is 2.08 bits per heavy atom. The van der Waals surface area contributed by atoms with E-state index < -0.39 is 0 Å². The number of aromatic nitrogens is 1. The predicted octanol–water partition coefficient (Wildman–Crippen LogP) is 2.91. The van der Waals surface area contributed by atoms with E-state index in [9.17, 15) is 9.18 Å². The zero-order valence-electron chi connectivity index (χ0n) is 12.7. The molecule has 1 amide bonds. The SMILES string of the molecule is O=C(COCc1cc(-c2ccc(F)cc2)on1)NCc1ccco1. The van der Waals surface area contributed by atoms with E-state index in [0.717, 1.165) is 0 Å². The number of nitrogens with zero attached hydrogens (tertiary/aromatic N) is 1. The van der Waals surface area contributed by atoms with Gasteiger partial charge in [-0.2, -0.15) is 0 Å². The predicted molar refractivity (Wildman–Crippen MR) is 82.1 cm³/mol. The van der Waals surface area contributed by atoms with Gasteiger partial charge >= 0.3 is 0 Å². The van der Waals surface area contributed by atoms with Gasteiger partial charge in [0.25, 0.3) is 0 Å². The van der Waals surface area contributed by atoms with Gasteiger partial charge in [-0.3, -0.25) is 4.79 Å². The number of carbonyl (C=O) groups is 1. The number of hydrogen-bond acceptors (Lipinski definition) is 5. The van der Waals surface area contributed by atoms with Crippen LogP contribution in [-0.4, -0.2) is 17.7 Å². The molecule has 0 spiro atoms. The van der Waals surface area contributed by atoms with E-state index in [1.807, 2.05) is 0 Å². The fraction of sp³-hybridized carbons (Fsp3) is 0.176. The van der Waals surface area contributed by atoms with E-state index in [1.54, 1.807) is 36.6 Å². The summed E-state index contributed by atoms with van der Waals surface area (Å²) in [6.07, 6.45) is 1.54. The first-order valence-electron chi connectivity index (χ1n) is 7.29. The minimum atomic E-state index is -0.317. The summed E-state index contributed by atoms with van der Waals surface area (Å²) < 4.78 is 28.5. The van der Waals surface area contributed by atoms with Crippen LogP contribution in [0.1, 0.15) is 11.5 Å². The van der Waals surface area contributed by atoms with Crippen LogP contribution >= 0.6 is 0 Å². The monoisotopic (exact) mass is 330 g/mol. The maximum Gasteiger partial charge on any atom is 0.246 e. The van der Waals surface area contributed by atoms with E-state index in [2.05, 4.69) is 10.5 Å².